The third-order valence-electron chi connectivity index (χ3n) is 13.7. The predicted octanol–water partition coefficient (Wildman–Crippen LogP) is 7.76. The first-order chi connectivity index (χ1) is 20.5. The summed E-state index contributed by atoms with van der Waals surface area (Å²) in [6, 6.07) is 6.99. The molecule has 0 heterocycles. The highest BCUT2D eigenvalue weighted by atomic mass is 32.2. The Kier molecular flexibility index (Phi) is 9.62. The lowest BCUT2D eigenvalue weighted by atomic mass is 9.41. The quantitative estimate of drug-likeness (QED) is 0.292. The SMILES string of the molecule is CC[C@H]1[C@@H](O)[C@@H]2[C@H](CC[C@]3(C)C([C@H](C)CCCC(=O)CS(=O)(=O)c4ccc(C(C)(C)C)cc4)CC[C@@H]23)[C@@]2(C)CC[C@@H](O)C[C@@H]12. The highest BCUT2D eigenvalue weighted by Gasteiger charge is 2.64. The third kappa shape index (κ3) is 6.10. The largest absolute Gasteiger partial charge is 0.393 e. The molecule has 44 heavy (non-hydrogen) atoms. The van der Waals surface area contributed by atoms with E-state index in [0.29, 0.717) is 41.9 Å². The van der Waals surface area contributed by atoms with Gasteiger partial charge in [0.05, 0.1) is 17.1 Å². The van der Waals surface area contributed by atoms with E-state index in [1.807, 2.05) is 12.1 Å². The Morgan fingerprint density at radius 3 is 2.23 bits per heavy atom. The number of fused-ring (bicyclic) bond motifs is 5. The maximum atomic E-state index is 13.0. The van der Waals surface area contributed by atoms with E-state index in [9.17, 15) is 23.4 Å². The van der Waals surface area contributed by atoms with Gasteiger partial charge in [-0.05, 0) is 127 Å². The van der Waals surface area contributed by atoms with Gasteiger partial charge in [0.25, 0.3) is 0 Å². The van der Waals surface area contributed by atoms with E-state index in [1.165, 1.54) is 25.7 Å². The number of hydrogen-bond acceptors (Lipinski definition) is 5. The molecule has 6 heteroatoms. The number of Topliss-reactive ketones (excluding diaryl/α,β-unsaturated/α-hetero) is 1. The summed E-state index contributed by atoms with van der Waals surface area (Å²) in [5, 5.41) is 22.5. The van der Waals surface area contributed by atoms with Crippen LogP contribution in [0.4, 0.5) is 0 Å². The molecular weight excluding hydrogens is 568 g/mol. The Morgan fingerprint density at radius 1 is 0.955 bits per heavy atom. The van der Waals surface area contributed by atoms with Crippen LogP contribution in [0.25, 0.3) is 0 Å². The van der Waals surface area contributed by atoms with Crippen molar-refractivity contribution < 1.29 is 23.4 Å². The second-order valence-electron chi connectivity index (χ2n) is 17.1. The van der Waals surface area contributed by atoms with Gasteiger partial charge in [0, 0.05) is 6.42 Å². The van der Waals surface area contributed by atoms with Crippen molar-refractivity contribution in [2.24, 2.45) is 52.3 Å². The Labute approximate surface area is 267 Å². The first-order valence-electron chi connectivity index (χ1n) is 17.7. The van der Waals surface area contributed by atoms with Crippen molar-refractivity contribution >= 4 is 15.6 Å². The normalized spacial score (nSPS) is 39.7. The fourth-order valence-electron chi connectivity index (χ4n) is 11.3. The van der Waals surface area contributed by atoms with Gasteiger partial charge in [-0.3, -0.25) is 4.79 Å². The van der Waals surface area contributed by atoms with E-state index in [0.717, 1.165) is 44.1 Å². The smallest absolute Gasteiger partial charge is 0.185 e. The van der Waals surface area contributed by atoms with Gasteiger partial charge in [0.15, 0.2) is 9.84 Å². The number of benzene rings is 1. The lowest BCUT2D eigenvalue weighted by molar-refractivity contribution is -0.203. The van der Waals surface area contributed by atoms with E-state index >= 15 is 0 Å². The van der Waals surface area contributed by atoms with Crippen LogP contribution >= 0.6 is 0 Å². The molecule has 5 nitrogen and oxygen atoms in total. The molecule has 0 radical (unpaired) electrons. The summed E-state index contributed by atoms with van der Waals surface area (Å²) >= 11 is 0. The molecule has 2 N–H and O–H groups in total. The Hall–Kier alpha value is -1.24. The zero-order valence-electron chi connectivity index (χ0n) is 28.5. The summed E-state index contributed by atoms with van der Waals surface area (Å²) in [5.41, 5.74) is 1.43. The Balaban J connectivity index is 1.19. The van der Waals surface area contributed by atoms with Crippen LogP contribution in [-0.2, 0) is 20.0 Å². The second kappa shape index (κ2) is 12.4. The average molecular weight is 629 g/mol. The molecule has 1 aromatic rings. The summed E-state index contributed by atoms with van der Waals surface area (Å²) < 4.78 is 25.9. The number of sulfone groups is 1. The topological polar surface area (TPSA) is 91.7 Å². The fourth-order valence-corrected chi connectivity index (χ4v) is 12.6. The van der Waals surface area contributed by atoms with Crippen molar-refractivity contribution in [3.8, 4) is 0 Å². The molecular formula is C38H60O5S. The first kappa shape index (κ1) is 34.1. The molecule has 0 aromatic heterocycles. The molecule has 0 saturated heterocycles. The fraction of sp³-hybridized carbons (Fsp3) is 0.816. The molecule has 4 aliphatic rings. The van der Waals surface area contributed by atoms with Crippen LogP contribution in [0.15, 0.2) is 29.2 Å². The molecule has 1 aromatic carbocycles. The van der Waals surface area contributed by atoms with Gasteiger partial charge in [0.2, 0.25) is 0 Å². The molecule has 5 rings (SSSR count). The number of aliphatic hydroxyl groups is 2. The number of hydrogen-bond donors (Lipinski definition) is 2. The molecule has 4 aliphatic carbocycles. The van der Waals surface area contributed by atoms with Gasteiger partial charge in [-0.25, -0.2) is 8.42 Å². The summed E-state index contributed by atoms with van der Waals surface area (Å²) in [6.45, 7) is 15.8. The van der Waals surface area contributed by atoms with E-state index in [-0.39, 0.29) is 45.0 Å². The molecule has 248 valence electrons. The second-order valence-corrected chi connectivity index (χ2v) is 19.1. The number of carbonyl (C=O) groups is 1. The summed E-state index contributed by atoms with van der Waals surface area (Å²) in [5.74, 6) is 2.52. The van der Waals surface area contributed by atoms with Crippen LogP contribution in [0.1, 0.15) is 125 Å². The van der Waals surface area contributed by atoms with Crippen LogP contribution in [-0.4, -0.2) is 42.4 Å². The highest BCUT2D eigenvalue weighted by Crippen LogP contribution is 2.69. The molecule has 0 amide bonds. The molecule has 0 spiro atoms. The van der Waals surface area contributed by atoms with Gasteiger partial charge in [-0.1, -0.05) is 73.4 Å². The van der Waals surface area contributed by atoms with Gasteiger partial charge in [-0.15, -0.1) is 0 Å². The van der Waals surface area contributed by atoms with Crippen molar-refractivity contribution in [3.05, 3.63) is 29.8 Å². The predicted molar refractivity (Wildman–Crippen MR) is 177 cm³/mol. The van der Waals surface area contributed by atoms with E-state index in [2.05, 4.69) is 48.5 Å². The van der Waals surface area contributed by atoms with Gasteiger partial charge >= 0.3 is 0 Å². The lowest BCUT2D eigenvalue weighted by Gasteiger charge is -2.64. The van der Waals surface area contributed by atoms with Crippen molar-refractivity contribution in [1.82, 2.24) is 0 Å². The Bertz CT molecular complexity index is 1280. The van der Waals surface area contributed by atoms with E-state index < -0.39 is 15.6 Å². The van der Waals surface area contributed by atoms with Crippen LogP contribution < -0.4 is 0 Å². The number of carbonyl (C=O) groups excluding carboxylic acids is 1. The standard InChI is InChI=1S/C38H60O5S/c1-8-29-33-22-26(39)18-20-38(33,7)32-19-21-37(6)30(16-17-31(37)34(32)35(29)41)24(2)10-9-11-27(40)23-44(42,43)28-14-12-25(13-15-28)36(3,4)5/h12-15,24,26,29-35,39,41H,8-11,16-23H2,1-7H3/t24-,26-,29-,30?,31+,32+,33+,34+,35-,37-,38-/m1/s1. The van der Waals surface area contributed by atoms with Crippen LogP contribution in [0.2, 0.25) is 0 Å². The first-order valence-corrected chi connectivity index (χ1v) is 19.4. The maximum absolute atomic E-state index is 13.0. The van der Waals surface area contributed by atoms with E-state index in [4.69, 9.17) is 0 Å². The van der Waals surface area contributed by atoms with Crippen molar-refractivity contribution in [2.75, 3.05) is 5.75 Å². The van der Waals surface area contributed by atoms with Crippen molar-refractivity contribution in [3.63, 3.8) is 0 Å². The number of rotatable bonds is 9. The zero-order chi connectivity index (χ0) is 32.2. The minimum atomic E-state index is -3.64. The minimum absolute atomic E-state index is 0.0558. The average Bonchev–Trinajstić information content (AvgIpc) is 3.30. The lowest BCUT2D eigenvalue weighted by Crippen LogP contribution is -2.62. The van der Waals surface area contributed by atoms with Crippen molar-refractivity contribution in [1.29, 1.82) is 0 Å². The van der Waals surface area contributed by atoms with Crippen LogP contribution in [0.5, 0.6) is 0 Å². The zero-order valence-corrected chi connectivity index (χ0v) is 29.3. The number of aliphatic hydroxyl groups excluding tert-OH is 2. The molecule has 0 bridgehead atoms. The van der Waals surface area contributed by atoms with Gasteiger partial charge in [-0.2, -0.15) is 0 Å². The molecule has 1 unspecified atom stereocenters. The van der Waals surface area contributed by atoms with E-state index in [1.54, 1.807) is 12.1 Å². The van der Waals surface area contributed by atoms with Gasteiger partial charge in [0.1, 0.15) is 11.5 Å². The third-order valence-corrected chi connectivity index (χ3v) is 15.4. The van der Waals surface area contributed by atoms with Crippen LogP contribution in [0.3, 0.4) is 0 Å². The summed E-state index contributed by atoms with van der Waals surface area (Å²) in [7, 11) is -3.64. The molecule has 0 aliphatic heterocycles. The molecule has 4 saturated carbocycles. The maximum Gasteiger partial charge on any atom is 0.185 e. The minimum Gasteiger partial charge on any atom is -0.393 e. The monoisotopic (exact) mass is 628 g/mol. The van der Waals surface area contributed by atoms with Crippen molar-refractivity contribution in [2.45, 2.75) is 142 Å². The molecule has 11 atom stereocenters. The summed E-state index contributed by atoms with van der Waals surface area (Å²) in [4.78, 5) is 13.1. The van der Waals surface area contributed by atoms with Crippen LogP contribution in [0, 0.1) is 52.3 Å². The molecule has 4 fully saturated rings. The highest BCUT2D eigenvalue weighted by molar-refractivity contribution is 7.92. The Morgan fingerprint density at radius 2 is 1.59 bits per heavy atom. The van der Waals surface area contributed by atoms with Gasteiger partial charge < -0.3 is 10.2 Å². The number of ketones is 1. The summed E-state index contributed by atoms with van der Waals surface area (Å²) in [6.07, 6.45) is 10.0.